The Balaban J connectivity index is 1.51. The fourth-order valence-electron chi connectivity index (χ4n) is 5.15. The highest BCUT2D eigenvalue weighted by atomic mass is 32.2. The van der Waals surface area contributed by atoms with Crippen molar-refractivity contribution in [3.05, 3.63) is 65.7 Å². The molecule has 0 bridgehead atoms. The zero-order valence-corrected chi connectivity index (χ0v) is 21.2. The van der Waals surface area contributed by atoms with Crippen LogP contribution in [0.3, 0.4) is 0 Å². The highest BCUT2D eigenvalue weighted by molar-refractivity contribution is 7.92. The second-order valence-electron chi connectivity index (χ2n) is 10.0. The number of rotatable bonds is 8. The lowest BCUT2D eigenvalue weighted by atomic mass is 9.96. The molecule has 3 aliphatic rings. The van der Waals surface area contributed by atoms with Gasteiger partial charge in [-0.15, -0.1) is 6.58 Å². The number of hydrogen-bond donors (Lipinski definition) is 1. The molecule has 2 aromatic rings. The van der Waals surface area contributed by atoms with Crippen LogP contribution >= 0.6 is 0 Å². The van der Waals surface area contributed by atoms with Gasteiger partial charge in [-0.1, -0.05) is 25.1 Å². The summed E-state index contributed by atoms with van der Waals surface area (Å²) in [6, 6.07) is 10.7. The van der Waals surface area contributed by atoms with Crippen molar-refractivity contribution in [3.8, 4) is 5.75 Å². The van der Waals surface area contributed by atoms with Gasteiger partial charge in [0.05, 0.1) is 28.8 Å². The van der Waals surface area contributed by atoms with E-state index >= 15 is 0 Å². The Kier molecular flexibility index (Phi) is 6.68. The van der Waals surface area contributed by atoms with E-state index in [1.807, 2.05) is 12.1 Å². The van der Waals surface area contributed by atoms with Crippen LogP contribution in [0.1, 0.15) is 55.7 Å². The molecule has 2 fully saturated rings. The minimum absolute atomic E-state index is 0.174. The van der Waals surface area contributed by atoms with Crippen molar-refractivity contribution in [2.45, 2.75) is 68.4 Å². The third-order valence-electron chi connectivity index (χ3n) is 7.63. The number of anilines is 1. The standard InChI is InChI=1S/C28H35NO5S/c1-3-20-5-6-22-7-8-23(4-2)29(26(22)17-20)35(31,32)24-9-10-27(25(18-24)28(30)13-14-28)34-19-21-11-15-33-16-12-21/h4-6,9-10,17-18,21,23,30H,2-3,7-8,11-16,19H2,1H3/t23-/m0/s1. The monoisotopic (exact) mass is 497 g/mol. The fourth-order valence-corrected chi connectivity index (χ4v) is 6.86. The Morgan fingerprint density at radius 2 is 1.94 bits per heavy atom. The van der Waals surface area contributed by atoms with Crippen LogP contribution in [0.4, 0.5) is 5.69 Å². The van der Waals surface area contributed by atoms with Gasteiger partial charge < -0.3 is 14.6 Å². The summed E-state index contributed by atoms with van der Waals surface area (Å²) in [5.74, 6) is 0.975. The van der Waals surface area contributed by atoms with Crippen LogP contribution < -0.4 is 9.04 Å². The van der Waals surface area contributed by atoms with Crippen LogP contribution in [-0.2, 0) is 33.2 Å². The maximum absolute atomic E-state index is 14.1. The number of nitrogens with zero attached hydrogens (tertiary/aromatic N) is 1. The maximum atomic E-state index is 14.1. The molecule has 0 amide bonds. The molecule has 2 aromatic carbocycles. The van der Waals surface area contributed by atoms with Crippen molar-refractivity contribution in [1.82, 2.24) is 0 Å². The number of fused-ring (bicyclic) bond motifs is 1. The van der Waals surface area contributed by atoms with Gasteiger partial charge in [0.25, 0.3) is 10.0 Å². The molecule has 1 saturated heterocycles. The molecular weight excluding hydrogens is 462 g/mol. The smallest absolute Gasteiger partial charge is 0.264 e. The van der Waals surface area contributed by atoms with Gasteiger partial charge in [-0.2, -0.15) is 0 Å². The Morgan fingerprint density at radius 3 is 2.63 bits per heavy atom. The summed E-state index contributed by atoms with van der Waals surface area (Å²) in [6.45, 7) is 8.01. The van der Waals surface area contributed by atoms with E-state index in [0.29, 0.717) is 43.1 Å². The van der Waals surface area contributed by atoms with Crippen molar-refractivity contribution in [1.29, 1.82) is 0 Å². The zero-order valence-electron chi connectivity index (χ0n) is 20.4. The summed E-state index contributed by atoms with van der Waals surface area (Å²) in [7, 11) is -3.89. The molecule has 6 nitrogen and oxygen atoms in total. The molecule has 0 spiro atoms. The molecule has 0 aromatic heterocycles. The highest BCUT2D eigenvalue weighted by Gasteiger charge is 2.45. The molecule has 0 unspecified atom stereocenters. The minimum atomic E-state index is -3.89. The summed E-state index contributed by atoms with van der Waals surface area (Å²) in [5.41, 5.74) is 2.40. The molecule has 5 rings (SSSR count). The largest absolute Gasteiger partial charge is 0.493 e. The minimum Gasteiger partial charge on any atom is -0.493 e. The summed E-state index contributed by atoms with van der Waals surface area (Å²) in [6.07, 6.45) is 7.15. The van der Waals surface area contributed by atoms with E-state index < -0.39 is 15.6 Å². The topological polar surface area (TPSA) is 76.1 Å². The third kappa shape index (κ3) is 4.74. The van der Waals surface area contributed by atoms with Gasteiger partial charge in [0, 0.05) is 18.8 Å². The Labute approximate surface area is 208 Å². The lowest BCUT2D eigenvalue weighted by Gasteiger charge is -2.37. The van der Waals surface area contributed by atoms with Crippen LogP contribution in [0.5, 0.6) is 5.75 Å². The van der Waals surface area contributed by atoms with Crippen LogP contribution in [0.25, 0.3) is 0 Å². The van der Waals surface area contributed by atoms with Crippen LogP contribution in [0.15, 0.2) is 53.9 Å². The van der Waals surface area contributed by atoms with Gasteiger partial charge in [0.15, 0.2) is 0 Å². The summed E-state index contributed by atoms with van der Waals surface area (Å²) in [4.78, 5) is 0.174. The molecule has 2 aliphatic heterocycles. The first-order chi connectivity index (χ1) is 16.9. The van der Waals surface area contributed by atoms with Gasteiger partial charge in [-0.05, 0) is 86.3 Å². The highest BCUT2D eigenvalue weighted by Crippen LogP contribution is 2.50. The van der Waals surface area contributed by atoms with E-state index in [9.17, 15) is 13.5 Å². The Hall–Kier alpha value is -2.35. The van der Waals surface area contributed by atoms with Gasteiger partial charge in [0.2, 0.25) is 0 Å². The van der Waals surface area contributed by atoms with Crippen molar-refractivity contribution in [2.75, 3.05) is 24.1 Å². The molecule has 1 saturated carbocycles. The molecule has 2 heterocycles. The number of benzene rings is 2. The van der Waals surface area contributed by atoms with Crippen LogP contribution in [-0.4, -0.2) is 39.4 Å². The predicted octanol–water partition coefficient (Wildman–Crippen LogP) is 4.73. The van der Waals surface area contributed by atoms with E-state index in [4.69, 9.17) is 9.47 Å². The third-order valence-corrected chi connectivity index (χ3v) is 9.46. The number of sulfonamides is 1. The molecule has 1 aliphatic carbocycles. The molecular formula is C28H35NO5S. The van der Waals surface area contributed by atoms with Crippen LogP contribution in [0, 0.1) is 5.92 Å². The molecule has 7 heteroatoms. The molecule has 0 radical (unpaired) electrons. The van der Waals surface area contributed by atoms with Crippen molar-refractivity contribution in [2.24, 2.45) is 5.92 Å². The Bertz CT molecular complexity index is 1200. The second-order valence-corrected chi connectivity index (χ2v) is 11.8. The van der Waals surface area contributed by atoms with E-state index in [1.165, 1.54) is 4.31 Å². The lowest BCUT2D eigenvalue weighted by molar-refractivity contribution is 0.0487. The van der Waals surface area contributed by atoms with Crippen LogP contribution in [0.2, 0.25) is 0 Å². The van der Waals surface area contributed by atoms with E-state index in [-0.39, 0.29) is 10.9 Å². The summed E-state index contributed by atoms with van der Waals surface area (Å²) < 4.78 is 41.3. The first-order valence-electron chi connectivity index (χ1n) is 12.7. The lowest BCUT2D eigenvalue weighted by Crippen LogP contribution is -2.42. The van der Waals surface area contributed by atoms with E-state index in [2.05, 4.69) is 19.6 Å². The average Bonchev–Trinajstić information content (AvgIpc) is 3.64. The van der Waals surface area contributed by atoms with Crippen molar-refractivity contribution >= 4 is 15.7 Å². The van der Waals surface area contributed by atoms with Gasteiger partial charge in [-0.25, -0.2) is 8.42 Å². The molecule has 35 heavy (non-hydrogen) atoms. The van der Waals surface area contributed by atoms with E-state index in [0.717, 1.165) is 55.7 Å². The molecule has 188 valence electrons. The number of aryl methyl sites for hydroxylation is 2. The van der Waals surface area contributed by atoms with Crippen molar-refractivity contribution in [3.63, 3.8) is 0 Å². The normalized spacial score (nSPS) is 21.9. The SMILES string of the molecule is C=C[C@H]1CCc2ccc(CC)cc2N1S(=O)(=O)c1ccc(OCC2CCOCC2)c(C2(O)CC2)c1. The molecule has 1 atom stereocenters. The van der Waals surface area contributed by atoms with Crippen molar-refractivity contribution < 1.29 is 23.0 Å². The van der Waals surface area contributed by atoms with Gasteiger partial charge in [-0.3, -0.25) is 4.31 Å². The zero-order chi connectivity index (χ0) is 24.6. The first kappa shape index (κ1) is 24.3. The average molecular weight is 498 g/mol. The first-order valence-corrected chi connectivity index (χ1v) is 14.2. The maximum Gasteiger partial charge on any atom is 0.264 e. The summed E-state index contributed by atoms with van der Waals surface area (Å²) >= 11 is 0. The Morgan fingerprint density at radius 1 is 1.17 bits per heavy atom. The number of aliphatic hydroxyl groups is 1. The quantitative estimate of drug-likeness (QED) is 0.534. The number of ether oxygens (including phenoxy) is 2. The van der Waals surface area contributed by atoms with E-state index in [1.54, 1.807) is 24.3 Å². The predicted molar refractivity (Wildman–Crippen MR) is 136 cm³/mol. The van der Waals surface area contributed by atoms with Gasteiger partial charge >= 0.3 is 0 Å². The van der Waals surface area contributed by atoms with Gasteiger partial charge in [0.1, 0.15) is 5.75 Å². The second kappa shape index (κ2) is 9.60. The summed E-state index contributed by atoms with van der Waals surface area (Å²) in [5, 5.41) is 11.0. The molecule has 1 N–H and O–H groups in total. The fraction of sp³-hybridized carbons (Fsp3) is 0.500. The number of hydrogen-bond acceptors (Lipinski definition) is 5.